The zero-order chi connectivity index (χ0) is 13.2. The van der Waals surface area contributed by atoms with E-state index >= 15 is 0 Å². The van der Waals surface area contributed by atoms with Crippen LogP contribution in [0.2, 0.25) is 0 Å². The fourth-order valence-electron chi connectivity index (χ4n) is 2.01. The van der Waals surface area contributed by atoms with Crippen molar-refractivity contribution in [1.82, 2.24) is 9.97 Å². The number of hydrogen-bond acceptors (Lipinski definition) is 4. The second-order valence-corrected chi connectivity index (χ2v) is 4.82. The molecule has 0 bridgehead atoms. The molecule has 1 heterocycles. The lowest BCUT2D eigenvalue weighted by Gasteiger charge is -2.08. The van der Waals surface area contributed by atoms with Crippen molar-refractivity contribution < 1.29 is 0 Å². The highest BCUT2D eigenvalue weighted by molar-refractivity contribution is 5.56. The van der Waals surface area contributed by atoms with Gasteiger partial charge in [-0.25, -0.2) is 4.98 Å². The van der Waals surface area contributed by atoms with E-state index in [2.05, 4.69) is 15.3 Å². The molecule has 0 radical (unpaired) electrons. The summed E-state index contributed by atoms with van der Waals surface area (Å²) < 4.78 is 0. The van der Waals surface area contributed by atoms with Gasteiger partial charge in [-0.1, -0.05) is 12.1 Å². The van der Waals surface area contributed by atoms with Crippen LogP contribution >= 0.6 is 0 Å². The first-order valence-corrected chi connectivity index (χ1v) is 6.42. The number of H-pyrrole nitrogens is 1. The van der Waals surface area contributed by atoms with E-state index in [1.807, 2.05) is 24.3 Å². The molecule has 0 atom stereocenters. The molecule has 5 heteroatoms. The number of aromatic amines is 1. The van der Waals surface area contributed by atoms with E-state index in [0.717, 1.165) is 29.9 Å². The summed E-state index contributed by atoms with van der Waals surface area (Å²) >= 11 is 0. The summed E-state index contributed by atoms with van der Waals surface area (Å²) in [6.45, 7) is 0.492. The Labute approximate surface area is 110 Å². The number of aromatic nitrogens is 2. The minimum atomic E-state index is -0.116. The molecule has 19 heavy (non-hydrogen) atoms. The summed E-state index contributed by atoms with van der Waals surface area (Å²) in [5.74, 6) is 1.79. The second kappa shape index (κ2) is 4.85. The van der Waals surface area contributed by atoms with Gasteiger partial charge < -0.3 is 16.0 Å². The van der Waals surface area contributed by atoms with Crippen molar-refractivity contribution >= 4 is 11.5 Å². The van der Waals surface area contributed by atoms with Crippen molar-refractivity contribution in [1.29, 1.82) is 0 Å². The molecule has 4 N–H and O–H groups in total. The summed E-state index contributed by atoms with van der Waals surface area (Å²) in [5.41, 5.74) is 7.42. The number of anilines is 2. The van der Waals surface area contributed by atoms with Crippen LogP contribution in [-0.4, -0.2) is 9.97 Å². The van der Waals surface area contributed by atoms with Crippen molar-refractivity contribution in [2.75, 3.05) is 5.32 Å². The van der Waals surface area contributed by atoms with Gasteiger partial charge in [0.05, 0.1) is 0 Å². The molecule has 5 nitrogen and oxygen atoms in total. The van der Waals surface area contributed by atoms with Gasteiger partial charge in [0.25, 0.3) is 5.56 Å². The number of nitrogens with zero attached hydrogens (tertiary/aromatic N) is 1. The minimum Gasteiger partial charge on any atom is -0.340 e. The summed E-state index contributed by atoms with van der Waals surface area (Å²) in [7, 11) is 0. The Kier molecular flexibility index (Phi) is 3.05. The van der Waals surface area contributed by atoms with Gasteiger partial charge in [0.1, 0.15) is 11.6 Å². The van der Waals surface area contributed by atoms with Crippen LogP contribution in [0, 0.1) is 0 Å². The van der Waals surface area contributed by atoms with Crippen molar-refractivity contribution in [2.24, 2.45) is 5.73 Å². The van der Waals surface area contributed by atoms with E-state index in [-0.39, 0.29) is 5.56 Å². The molecule has 98 valence electrons. The third kappa shape index (κ3) is 2.82. The lowest BCUT2D eigenvalue weighted by molar-refractivity contribution is 0.912. The van der Waals surface area contributed by atoms with Gasteiger partial charge in [-0.2, -0.15) is 0 Å². The number of hydrogen-bond donors (Lipinski definition) is 3. The summed E-state index contributed by atoms with van der Waals surface area (Å²) in [6.07, 6.45) is 2.21. The highest BCUT2D eigenvalue weighted by atomic mass is 16.1. The third-order valence-electron chi connectivity index (χ3n) is 3.16. The molecule has 1 fully saturated rings. The molecule has 0 spiro atoms. The van der Waals surface area contributed by atoms with Crippen LogP contribution in [0.15, 0.2) is 35.1 Å². The average molecular weight is 256 g/mol. The first-order chi connectivity index (χ1) is 9.24. The lowest BCUT2D eigenvalue weighted by Crippen LogP contribution is -2.11. The Morgan fingerprint density at radius 2 is 2.21 bits per heavy atom. The first-order valence-electron chi connectivity index (χ1n) is 6.42. The van der Waals surface area contributed by atoms with Crippen LogP contribution in [0.1, 0.15) is 30.1 Å². The molecule has 1 saturated carbocycles. The third-order valence-corrected chi connectivity index (χ3v) is 3.16. The van der Waals surface area contributed by atoms with Gasteiger partial charge in [0.15, 0.2) is 0 Å². The topological polar surface area (TPSA) is 83.8 Å². The normalized spacial score (nSPS) is 14.4. The predicted molar refractivity (Wildman–Crippen MR) is 74.4 cm³/mol. The van der Waals surface area contributed by atoms with E-state index in [1.165, 1.54) is 6.07 Å². The van der Waals surface area contributed by atoms with Gasteiger partial charge in [0, 0.05) is 24.2 Å². The molecular formula is C14H16N4O. The monoisotopic (exact) mass is 256 g/mol. The first kappa shape index (κ1) is 11.9. The molecule has 3 rings (SSSR count). The van der Waals surface area contributed by atoms with Gasteiger partial charge in [-0.05, 0) is 30.5 Å². The summed E-state index contributed by atoms with van der Waals surface area (Å²) in [5, 5.41) is 3.16. The Balaban J connectivity index is 1.87. The molecule has 0 saturated heterocycles. The zero-order valence-corrected chi connectivity index (χ0v) is 10.5. The van der Waals surface area contributed by atoms with Crippen molar-refractivity contribution in [3.05, 3.63) is 52.1 Å². The van der Waals surface area contributed by atoms with E-state index in [9.17, 15) is 4.79 Å². The smallest absolute Gasteiger partial charge is 0.252 e. The van der Waals surface area contributed by atoms with Crippen LogP contribution in [0.4, 0.5) is 11.5 Å². The number of nitrogens with one attached hydrogen (secondary N) is 2. The van der Waals surface area contributed by atoms with Crippen LogP contribution in [0.3, 0.4) is 0 Å². The molecular weight excluding hydrogens is 240 g/mol. The molecule has 1 aliphatic carbocycles. The maximum atomic E-state index is 11.6. The largest absolute Gasteiger partial charge is 0.340 e. The summed E-state index contributed by atoms with van der Waals surface area (Å²) in [4.78, 5) is 18.8. The lowest BCUT2D eigenvalue weighted by atomic mass is 10.2. The van der Waals surface area contributed by atoms with Crippen LogP contribution < -0.4 is 16.6 Å². The van der Waals surface area contributed by atoms with E-state index in [0.29, 0.717) is 18.3 Å². The molecule has 0 amide bonds. The number of nitrogens with two attached hydrogens (primary N) is 1. The van der Waals surface area contributed by atoms with E-state index in [1.54, 1.807) is 0 Å². The molecule has 0 unspecified atom stereocenters. The molecule has 0 aliphatic heterocycles. The van der Waals surface area contributed by atoms with Crippen molar-refractivity contribution in [2.45, 2.75) is 25.3 Å². The Morgan fingerprint density at radius 1 is 1.37 bits per heavy atom. The van der Waals surface area contributed by atoms with Crippen LogP contribution in [0.5, 0.6) is 0 Å². The SMILES string of the molecule is NCc1cccc(Nc2cc(=O)[nH]c(C3CC3)n2)c1. The highest BCUT2D eigenvalue weighted by Crippen LogP contribution is 2.37. The van der Waals surface area contributed by atoms with Gasteiger partial charge >= 0.3 is 0 Å². The highest BCUT2D eigenvalue weighted by Gasteiger charge is 2.26. The van der Waals surface area contributed by atoms with Crippen LogP contribution in [-0.2, 0) is 6.54 Å². The minimum absolute atomic E-state index is 0.116. The average Bonchev–Trinajstić information content (AvgIpc) is 3.22. The quantitative estimate of drug-likeness (QED) is 0.779. The van der Waals surface area contributed by atoms with Crippen molar-refractivity contribution in [3.8, 4) is 0 Å². The zero-order valence-electron chi connectivity index (χ0n) is 10.5. The molecule has 1 aromatic carbocycles. The number of benzene rings is 1. The Hall–Kier alpha value is -2.14. The fraction of sp³-hybridized carbons (Fsp3) is 0.286. The maximum Gasteiger partial charge on any atom is 0.252 e. The second-order valence-electron chi connectivity index (χ2n) is 4.82. The molecule has 1 aliphatic rings. The van der Waals surface area contributed by atoms with E-state index in [4.69, 9.17) is 5.73 Å². The molecule has 1 aromatic heterocycles. The van der Waals surface area contributed by atoms with Gasteiger partial charge in [-0.15, -0.1) is 0 Å². The number of rotatable bonds is 4. The standard InChI is InChI=1S/C14H16N4O/c15-8-9-2-1-3-11(6-9)16-12-7-13(19)18-14(17-12)10-4-5-10/h1-3,6-7,10H,4-5,8,15H2,(H2,16,17,18,19). The van der Waals surface area contributed by atoms with Gasteiger partial charge in [-0.3, -0.25) is 4.79 Å². The van der Waals surface area contributed by atoms with Crippen molar-refractivity contribution in [3.63, 3.8) is 0 Å². The maximum absolute atomic E-state index is 11.6. The summed E-state index contributed by atoms with van der Waals surface area (Å²) in [6, 6.07) is 9.25. The fourth-order valence-corrected chi connectivity index (χ4v) is 2.01. The van der Waals surface area contributed by atoms with E-state index < -0.39 is 0 Å². The Morgan fingerprint density at radius 3 is 2.95 bits per heavy atom. The van der Waals surface area contributed by atoms with Gasteiger partial charge in [0.2, 0.25) is 0 Å². The van der Waals surface area contributed by atoms with Crippen LogP contribution in [0.25, 0.3) is 0 Å². The Bertz CT molecular complexity index is 646. The predicted octanol–water partition coefficient (Wildman–Crippen LogP) is 1.85. The molecule has 2 aromatic rings.